The second-order valence-corrected chi connectivity index (χ2v) is 6.38. The second kappa shape index (κ2) is 6.95. The Labute approximate surface area is 127 Å². The summed E-state index contributed by atoms with van der Waals surface area (Å²) < 4.78 is 5.64. The van der Waals surface area contributed by atoms with E-state index in [1.165, 1.54) is 7.11 Å². The Balaban J connectivity index is 2.54. The van der Waals surface area contributed by atoms with Gasteiger partial charge >= 0.3 is 0 Å². The lowest BCUT2D eigenvalue weighted by Crippen LogP contribution is -2.44. The number of rotatable bonds is 5. The zero-order valence-electron chi connectivity index (χ0n) is 12.2. The fraction of sp³-hybridized carbons (Fsp3) is 0.500. The Hall–Kier alpha value is -1.27. The molecule has 0 unspecified atom stereocenters. The molecule has 0 saturated heterocycles. The Kier molecular flexibility index (Phi) is 5.83. The van der Waals surface area contributed by atoms with Gasteiger partial charge in [0.1, 0.15) is 0 Å². The third kappa shape index (κ3) is 5.38. The van der Waals surface area contributed by atoms with E-state index in [9.17, 15) is 9.90 Å². The number of nitrogens with one attached hydrogen (secondary N) is 2. The monoisotopic (exact) mass is 344 g/mol. The third-order valence-electron chi connectivity index (χ3n) is 2.44. The average molecular weight is 345 g/mol. The molecule has 20 heavy (non-hydrogen) atoms. The van der Waals surface area contributed by atoms with Crippen molar-refractivity contribution in [2.45, 2.75) is 32.9 Å². The summed E-state index contributed by atoms with van der Waals surface area (Å²) >= 11 is 3.26. The van der Waals surface area contributed by atoms with Gasteiger partial charge in [0, 0.05) is 12.1 Å². The summed E-state index contributed by atoms with van der Waals surface area (Å²) in [7, 11) is 1.50. The van der Waals surface area contributed by atoms with E-state index in [-0.39, 0.29) is 23.7 Å². The summed E-state index contributed by atoms with van der Waals surface area (Å²) in [5.41, 5.74) is 0.680. The molecular formula is C14H21BrN2O3. The van der Waals surface area contributed by atoms with Crippen molar-refractivity contribution >= 4 is 21.8 Å². The van der Waals surface area contributed by atoms with E-state index in [1.807, 2.05) is 20.8 Å². The molecule has 0 aliphatic heterocycles. The standard InChI is InChI=1S/C14H21BrN2O3/c1-14(2,3)17-12(18)8-16-7-9-5-10(15)13(19)11(6-9)20-4/h5-6,16,19H,7-8H2,1-4H3,(H,17,18). The quantitative estimate of drug-likeness (QED) is 0.765. The SMILES string of the molecule is COc1cc(CNCC(=O)NC(C)(C)C)cc(Br)c1O. The first kappa shape index (κ1) is 16.8. The maximum Gasteiger partial charge on any atom is 0.234 e. The Morgan fingerprint density at radius 1 is 1.40 bits per heavy atom. The van der Waals surface area contributed by atoms with Gasteiger partial charge in [-0.15, -0.1) is 0 Å². The maximum atomic E-state index is 11.6. The molecule has 0 saturated carbocycles. The predicted molar refractivity (Wildman–Crippen MR) is 82.0 cm³/mol. The minimum atomic E-state index is -0.233. The van der Waals surface area contributed by atoms with Crippen molar-refractivity contribution in [2.24, 2.45) is 0 Å². The molecule has 112 valence electrons. The number of methoxy groups -OCH3 is 1. The zero-order valence-corrected chi connectivity index (χ0v) is 13.8. The maximum absolute atomic E-state index is 11.6. The molecule has 1 aromatic rings. The molecule has 0 fully saturated rings. The van der Waals surface area contributed by atoms with Crippen molar-refractivity contribution in [1.82, 2.24) is 10.6 Å². The number of ether oxygens (including phenoxy) is 1. The molecule has 0 aliphatic carbocycles. The number of carbonyl (C=O) groups is 1. The average Bonchev–Trinajstić information content (AvgIpc) is 2.31. The fourth-order valence-corrected chi connectivity index (χ4v) is 2.16. The molecule has 5 nitrogen and oxygen atoms in total. The van der Waals surface area contributed by atoms with Gasteiger partial charge in [-0.05, 0) is 54.4 Å². The molecule has 0 aromatic heterocycles. The van der Waals surface area contributed by atoms with Gasteiger partial charge in [0.2, 0.25) is 5.91 Å². The number of aromatic hydroxyl groups is 1. The van der Waals surface area contributed by atoms with Gasteiger partial charge in [0.15, 0.2) is 11.5 Å². The summed E-state index contributed by atoms with van der Waals surface area (Å²) in [5, 5.41) is 15.6. The summed E-state index contributed by atoms with van der Waals surface area (Å²) in [6.45, 7) is 6.55. The number of phenols is 1. The number of hydrogen-bond acceptors (Lipinski definition) is 4. The van der Waals surface area contributed by atoms with Crippen LogP contribution in [0.25, 0.3) is 0 Å². The summed E-state index contributed by atoms with van der Waals surface area (Å²) in [6, 6.07) is 3.52. The fourth-order valence-electron chi connectivity index (χ4n) is 1.67. The molecule has 1 amide bonds. The second-order valence-electron chi connectivity index (χ2n) is 5.53. The van der Waals surface area contributed by atoms with Crippen LogP contribution in [0.3, 0.4) is 0 Å². The van der Waals surface area contributed by atoms with Gasteiger partial charge in [-0.2, -0.15) is 0 Å². The largest absolute Gasteiger partial charge is 0.503 e. The first-order chi connectivity index (χ1) is 9.23. The molecule has 0 radical (unpaired) electrons. The molecule has 1 aromatic carbocycles. The van der Waals surface area contributed by atoms with E-state index in [1.54, 1.807) is 12.1 Å². The van der Waals surface area contributed by atoms with E-state index in [2.05, 4.69) is 26.6 Å². The minimum Gasteiger partial charge on any atom is -0.503 e. The van der Waals surface area contributed by atoms with Gasteiger partial charge in [-0.3, -0.25) is 4.79 Å². The normalized spacial score (nSPS) is 11.2. The van der Waals surface area contributed by atoms with Crippen LogP contribution < -0.4 is 15.4 Å². The molecule has 0 spiro atoms. The number of carbonyl (C=O) groups excluding carboxylic acids is 1. The molecule has 1 rings (SSSR count). The number of phenolic OH excluding ortho intramolecular Hbond substituents is 1. The first-order valence-electron chi connectivity index (χ1n) is 6.30. The Bertz CT molecular complexity index is 484. The first-order valence-corrected chi connectivity index (χ1v) is 7.09. The van der Waals surface area contributed by atoms with Crippen LogP contribution >= 0.6 is 15.9 Å². The van der Waals surface area contributed by atoms with E-state index >= 15 is 0 Å². The summed E-state index contributed by atoms with van der Waals surface area (Å²) in [4.78, 5) is 11.6. The van der Waals surface area contributed by atoms with Crippen LogP contribution in [0.1, 0.15) is 26.3 Å². The predicted octanol–water partition coefficient (Wildman–Crippen LogP) is 2.17. The van der Waals surface area contributed by atoms with Gasteiger partial charge in [0.05, 0.1) is 18.1 Å². The van der Waals surface area contributed by atoms with Crippen molar-refractivity contribution in [3.63, 3.8) is 0 Å². The molecule has 6 heteroatoms. The van der Waals surface area contributed by atoms with E-state index in [4.69, 9.17) is 4.74 Å². The number of benzene rings is 1. The number of amides is 1. The molecular weight excluding hydrogens is 324 g/mol. The number of halogens is 1. The topological polar surface area (TPSA) is 70.6 Å². The highest BCUT2D eigenvalue weighted by atomic mass is 79.9. The van der Waals surface area contributed by atoms with E-state index in [0.29, 0.717) is 16.8 Å². The molecule has 3 N–H and O–H groups in total. The van der Waals surface area contributed by atoms with Crippen LogP contribution in [-0.4, -0.2) is 30.2 Å². The van der Waals surface area contributed by atoms with E-state index < -0.39 is 0 Å². The molecule has 0 heterocycles. The summed E-state index contributed by atoms with van der Waals surface area (Å²) in [5.74, 6) is 0.416. The summed E-state index contributed by atoms with van der Waals surface area (Å²) in [6.07, 6.45) is 0. The van der Waals surface area contributed by atoms with Crippen molar-refractivity contribution < 1.29 is 14.6 Å². The van der Waals surface area contributed by atoms with Crippen LogP contribution in [0.2, 0.25) is 0 Å². The highest BCUT2D eigenvalue weighted by Gasteiger charge is 2.13. The zero-order chi connectivity index (χ0) is 15.3. The lowest BCUT2D eigenvalue weighted by molar-refractivity contribution is -0.121. The number of hydrogen-bond donors (Lipinski definition) is 3. The van der Waals surface area contributed by atoms with Gasteiger partial charge in [-0.25, -0.2) is 0 Å². The third-order valence-corrected chi connectivity index (χ3v) is 3.04. The van der Waals surface area contributed by atoms with Crippen LogP contribution in [0, 0.1) is 0 Å². The van der Waals surface area contributed by atoms with Crippen LogP contribution in [0.15, 0.2) is 16.6 Å². The smallest absolute Gasteiger partial charge is 0.234 e. The van der Waals surface area contributed by atoms with Crippen LogP contribution in [0.4, 0.5) is 0 Å². The van der Waals surface area contributed by atoms with Crippen molar-refractivity contribution in [1.29, 1.82) is 0 Å². The molecule has 0 atom stereocenters. The lowest BCUT2D eigenvalue weighted by Gasteiger charge is -2.20. The lowest BCUT2D eigenvalue weighted by atomic mass is 10.1. The molecule has 0 aliphatic rings. The van der Waals surface area contributed by atoms with Gasteiger partial charge in [-0.1, -0.05) is 0 Å². The van der Waals surface area contributed by atoms with Crippen molar-refractivity contribution in [2.75, 3.05) is 13.7 Å². The van der Waals surface area contributed by atoms with Crippen molar-refractivity contribution in [3.05, 3.63) is 22.2 Å². The highest BCUT2D eigenvalue weighted by Crippen LogP contribution is 2.35. The minimum absolute atomic E-state index is 0.0534. The Morgan fingerprint density at radius 2 is 2.05 bits per heavy atom. The Morgan fingerprint density at radius 3 is 2.60 bits per heavy atom. The van der Waals surface area contributed by atoms with Crippen LogP contribution in [-0.2, 0) is 11.3 Å². The van der Waals surface area contributed by atoms with Crippen molar-refractivity contribution in [3.8, 4) is 11.5 Å². The van der Waals surface area contributed by atoms with E-state index in [0.717, 1.165) is 5.56 Å². The molecule has 0 bridgehead atoms. The van der Waals surface area contributed by atoms with Crippen LogP contribution in [0.5, 0.6) is 11.5 Å². The van der Waals surface area contributed by atoms with Gasteiger partial charge in [0.25, 0.3) is 0 Å². The highest BCUT2D eigenvalue weighted by molar-refractivity contribution is 9.10. The van der Waals surface area contributed by atoms with Gasteiger partial charge < -0.3 is 20.5 Å².